The third-order valence-electron chi connectivity index (χ3n) is 4.12. The highest BCUT2D eigenvalue weighted by Crippen LogP contribution is 2.14. The number of amides is 1. The Labute approximate surface area is 121 Å². The SMILES string of the molecule is CCCC(C(N)=NO)N1CCN(C(=O)C(C)CC)CC1. The minimum atomic E-state index is -0.0224. The second-order valence-corrected chi connectivity index (χ2v) is 5.50. The monoisotopic (exact) mass is 284 g/mol. The summed E-state index contributed by atoms with van der Waals surface area (Å²) in [5.41, 5.74) is 5.78. The predicted molar refractivity (Wildman–Crippen MR) is 79.7 cm³/mol. The van der Waals surface area contributed by atoms with E-state index in [1.165, 1.54) is 0 Å². The van der Waals surface area contributed by atoms with Gasteiger partial charge in [0, 0.05) is 32.1 Å². The molecule has 1 rings (SSSR count). The van der Waals surface area contributed by atoms with Crippen LogP contribution >= 0.6 is 0 Å². The molecule has 3 N–H and O–H groups in total. The van der Waals surface area contributed by atoms with Gasteiger partial charge in [-0.3, -0.25) is 9.69 Å². The average molecular weight is 284 g/mol. The van der Waals surface area contributed by atoms with Crippen molar-refractivity contribution in [3.63, 3.8) is 0 Å². The molecule has 1 aliphatic heterocycles. The molecule has 2 atom stereocenters. The molecule has 1 saturated heterocycles. The minimum absolute atomic E-state index is 0.0224. The molecule has 1 aliphatic rings. The van der Waals surface area contributed by atoms with Crippen LogP contribution in [0.15, 0.2) is 5.16 Å². The van der Waals surface area contributed by atoms with E-state index in [-0.39, 0.29) is 23.7 Å². The molecule has 1 amide bonds. The number of nitrogens with two attached hydrogens (primary N) is 1. The summed E-state index contributed by atoms with van der Waals surface area (Å²) in [6, 6.07) is -0.0224. The van der Waals surface area contributed by atoms with Crippen molar-refractivity contribution in [2.75, 3.05) is 26.2 Å². The Kier molecular flexibility index (Phi) is 6.78. The largest absolute Gasteiger partial charge is 0.409 e. The quantitative estimate of drug-likeness (QED) is 0.331. The van der Waals surface area contributed by atoms with E-state index in [1.807, 2.05) is 18.7 Å². The van der Waals surface area contributed by atoms with Crippen molar-refractivity contribution in [2.24, 2.45) is 16.8 Å². The zero-order chi connectivity index (χ0) is 15.1. The highest BCUT2D eigenvalue weighted by atomic mass is 16.4. The number of nitrogens with zero attached hydrogens (tertiary/aromatic N) is 3. The van der Waals surface area contributed by atoms with E-state index in [9.17, 15) is 4.79 Å². The second kappa shape index (κ2) is 8.09. The normalized spacial score (nSPS) is 20.8. The first-order chi connectivity index (χ1) is 9.54. The lowest BCUT2D eigenvalue weighted by Crippen LogP contribution is -2.55. The summed E-state index contributed by atoms with van der Waals surface area (Å²) in [6.07, 6.45) is 2.73. The molecule has 1 fully saturated rings. The number of hydrogen-bond acceptors (Lipinski definition) is 4. The van der Waals surface area contributed by atoms with Gasteiger partial charge in [-0.25, -0.2) is 0 Å². The maximum absolute atomic E-state index is 12.1. The first kappa shape index (κ1) is 16.8. The molecule has 0 radical (unpaired) electrons. The van der Waals surface area contributed by atoms with Gasteiger partial charge in [0.1, 0.15) is 0 Å². The third-order valence-corrected chi connectivity index (χ3v) is 4.12. The van der Waals surface area contributed by atoms with Crippen LogP contribution in [-0.4, -0.2) is 59.0 Å². The van der Waals surface area contributed by atoms with Gasteiger partial charge in [-0.1, -0.05) is 32.3 Å². The van der Waals surface area contributed by atoms with Crippen molar-refractivity contribution in [2.45, 2.75) is 46.1 Å². The van der Waals surface area contributed by atoms with Crippen molar-refractivity contribution >= 4 is 11.7 Å². The number of oxime groups is 1. The number of rotatable bonds is 6. The zero-order valence-corrected chi connectivity index (χ0v) is 12.9. The fourth-order valence-electron chi connectivity index (χ4n) is 2.60. The number of hydrogen-bond donors (Lipinski definition) is 2. The molecule has 0 aliphatic carbocycles. The molecule has 2 unspecified atom stereocenters. The van der Waals surface area contributed by atoms with Crippen molar-refractivity contribution in [3.8, 4) is 0 Å². The Balaban J connectivity index is 2.58. The lowest BCUT2D eigenvalue weighted by molar-refractivity contribution is -0.137. The molecule has 0 bridgehead atoms. The molecule has 6 heteroatoms. The molecule has 0 aromatic carbocycles. The summed E-state index contributed by atoms with van der Waals surface area (Å²) >= 11 is 0. The van der Waals surface area contributed by atoms with Gasteiger partial charge in [0.25, 0.3) is 0 Å². The Morgan fingerprint density at radius 1 is 1.30 bits per heavy atom. The summed E-state index contributed by atoms with van der Waals surface area (Å²) in [5, 5.41) is 12.0. The van der Waals surface area contributed by atoms with E-state index in [2.05, 4.69) is 17.0 Å². The lowest BCUT2D eigenvalue weighted by Gasteiger charge is -2.39. The third kappa shape index (κ3) is 4.10. The first-order valence-electron chi connectivity index (χ1n) is 7.55. The van der Waals surface area contributed by atoms with Crippen LogP contribution < -0.4 is 5.73 Å². The van der Waals surface area contributed by atoms with Gasteiger partial charge in [-0.15, -0.1) is 0 Å². The van der Waals surface area contributed by atoms with E-state index >= 15 is 0 Å². The Morgan fingerprint density at radius 3 is 2.35 bits per heavy atom. The highest BCUT2D eigenvalue weighted by molar-refractivity contribution is 5.85. The average Bonchev–Trinajstić information content (AvgIpc) is 2.50. The van der Waals surface area contributed by atoms with Crippen LogP contribution in [0.5, 0.6) is 0 Å². The van der Waals surface area contributed by atoms with Crippen molar-refractivity contribution < 1.29 is 10.0 Å². The van der Waals surface area contributed by atoms with Crippen LogP contribution in [0.4, 0.5) is 0 Å². The van der Waals surface area contributed by atoms with Gasteiger partial charge in [0.05, 0.1) is 6.04 Å². The molecule has 6 nitrogen and oxygen atoms in total. The van der Waals surface area contributed by atoms with Crippen LogP contribution in [0.2, 0.25) is 0 Å². The van der Waals surface area contributed by atoms with Gasteiger partial charge in [-0.05, 0) is 12.8 Å². The molecule has 0 aromatic rings. The van der Waals surface area contributed by atoms with Crippen LogP contribution in [0, 0.1) is 5.92 Å². The summed E-state index contributed by atoms with van der Waals surface area (Å²) < 4.78 is 0. The summed E-state index contributed by atoms with van der Waals surface area (Å²) in [4.78, 5) is 16.3. The van der Waals surface area contributed by atoms with E-state index in [0.29, 0.717) is 0 Å². The number of piperazine rings is 1. The Morgan fingerprint density at radius 2 is 1.90 bits per heavy atom. The van der Waals surface area contributed by atoms with Crippen molar-refractivity contribution in [1.29, 1.82) is 0 Å². The van der Waals surface area contributed by atoms with Crippen molar-refractivity contribution in [3.05, 3.63) is 0 Å². The Bertz CT molecular complexity index is 338. The van der Waals surface area contributed by atoms with Crippen LogP contribution in [0.3, 0.4) is 0 Å². The van der Waals surface area contributed by atoms with E-state index in [4.69, 9.17) is 10.9 Å². The topological polar surface area (TPSA) is 82.2 Å². The second-order valence-electron chi connectivity index (χ2n) is 5.50. The van der Waals surface area contributed by atoms with Gasteiger partial charge in [-0.2, -0.15) is 0 Å². The summed E-state index contributed by atoms with van der Waals surface area (Å²) in [6.45, 7) is 9.11. The van der Waals surface area contributed by atoms with Crippen LogP contribution in [0.25, 0.3) is 0 Å². The van der Waals surface area contributed by atoms with Gasteiger partial charge in [0.2, 0.25) is 5.91 Å². The predicted octanol–water partition coefficient (Wildman–Crippen LogP) is 1.09. The minimum Gasteiger partial charge on any atom is -0.409 e. The molecular weight excluding hydrogens is 256 g/mol. The molecule has 20 heavy (non-hydrogen) atoms. The Hall–Kier alpha value is -1.30. The molecule has 116 valence electrons. The summed E-state index contributed by atoms with van der Waals surface area (Å²) in [5.74, 6) is 0.605. The van der Waals surface area contributed by atoms with Gasteiger partial charge in [0.15, 0.2) is 5.84 Å². The van der Waals surface area contributed by atoms with Crippen molar-refractivity contribution in [1.82, 2.24) is 9.80 Å². The standard InChI is InChI=1S/C14H28N4O2/c1-4-6-12(13(15)16-20)17-7-9-18(10-8-17)14(19)11(3)5-2/h11-12,20H,4-10H2,1-3H3,(H2,15,16). The highest BCUT2D eigenvalue weighted by Gasteiger charge is 2.29. The fourth-order valence-corrected chi connectivity index (χ4v) is 2.60. The van der Waals surface area contributed by atoms with E-state index in [1.54, 1.807) is 0 Å². The first-order valence-corrected chi connectivity index (χ1v) is 7.55. The van der Waals surface area contributed by atoms with E-state index < -0.39 is 0 Å². The molecule has 0 aromatic heterocycles. The van der Waals surface area contributed by atoms with Crippen LogP contribution in [0.1, 0.15) is 40.0 Å². The molecular formula is C14H28N4O2. The fraction of sp³-hybridized carbons (Fsp3) is 0.857. The number of carbonyl (C=O) groups excluding carboxylic acids is 1. The zero-order valence-electron chi connectivity index (χ0n) is 12.9. The smallest absolute Gasteiger partial charge is 0.225 e. The maximum Gasteiger partial charge on any atom is 0.225 e. The van der Waals surface area contributed by atoms with Gasteiger partial charge >= 0.3 is 0 Å². The van der Waals surface area contributed by atoms with Crippen LogP contribution in [-0.2, 0) is 4.79 Å². The van der Waals surface area contributed by atoms with E-state index in [0.717, 1.165) is 45.4 Å². The molecule has 1 heterocycles. The lowest BCUT2D eigenvalue weighted by atomic mass is 10.1. The molecule has 0 saturated carbocycles. The molecule has 0 spiro atoms. The number of amidine groups is 1. The van der Waals surface area contributed by atoms with Gasteiger partial charge < -0.3 is 15.8 Å². The maximum atomic E-state index is 12.1. The number of carbonyl (C=O) groups is 1. The summed E-state index contributed by atoms with van der Waals surface area (Å²) in [7, 11) is 0.